The Morgan fingerprint density at radius 2 is 2.00 bits per heavy atom. The third-order valence-corrected chi connectivity index (χ3v) is 5.77. The van der Waals surface area contributed by atoms with Crippen LogP contribution in [0.15, 0.2) is 24.3 Å². The molecule has 2 aromatic rings. The molecule has 140 valence electrons. The predicted octanol–water partition coefficient (Wildman–Crippen LogP) is 3.77. The fourth-order valence-electron chi connectivity index (χ4n) is 3.01. The van der Waals surface area contributed by atoms with Crippen LogP contribution in [0.4, 0.5) is 5.13 Å². The molecule has 0 saturated carbocycles. The molecular formula is C19H25ClN4OS. The highest BCUT2D eigenvalue weighted by Gasteiger charge is 2.22. The molecule has 1 aromatic heterocycles. The lowest BCUT2D eigenvalue weighted by atomic mass is 9.97. The van der Waals surface area contributed by atoms with Crippen LogP contribution < -0.4 is 10.2 Å². The second-order valence-electron chi connectivity index (χ2n) is 7.13. The number of carbonyl (C=O) groups excluding carboxylic acids is 1. The highest BCUT2D eigenvalue weighted by Crippen LogP contribution is 2.25. The molecule has 1 N–H and O–H groups in total. The van der Waals surface area contributed by atoms with Gasteiger partial charge in [0.15, 0.2) is 0 Å². The summed E-state index contributed by atoms with van der Waals surface area (Å²) < 4.78 is 4.51. The van der Waals surface area contributed by atoms with Gasteiger partial charge in [0.25, 0.3) is 0 Å². The highest BCUT2D eigenvalue weighted by atomic mass is 35.5. The first kappa shape index (κ1) is 19.1. The zero-order chi connectivity index (χ0) is 18.5. The number of hydrogen-bond donors (Lipinski definition) is 1. The molecule has 1 fully saturated rings. The number of nitrogens with one attached hydrogen (secondary N) is 1. The third kappa shape index (κ3) is 5.17. The van der Waals surface area contributed by atoms with Crippen LogP contribution >= 0.6 is 23.1 Å². The number of benzene rings is 1. The van der Waals surface area contributed by atoms with Gasteiger partial charge < -0.3 is 10.2 Å². The van der Waals surface area contributed by atoms with Gasteiger partial charge in [-0.2, -0.15) is 4.37 Å². The molecule has 0 atom stereocenters. The van der Waals surface area contributed by atoms with Gasteiger partial charge in [0.05, 0.1) is 0 Å². The van der Waals surface area contributed by atoms with Crippen LogP contribution in [0.3, 0.4) is 0 Å². The summed E-state index contributed by atoms with van der Waals surface area (Å²) in [5.41, 5.74) is 1.17. The van der Waals surface area contributed by atoms with E-state index in [1.54, 1.807) is 0 Å². The minimum absolute atomic E-state index is 0.0514. The lowest BCUT2D eigenvalue weighted by molar-refractivity contribution is -0.124. The van der Waals surface area contributed by atoms with E-state index in [1.165, 1.54) is 17.1 Å². The van der Waals surface area contributed by atoms with Crippen molar-refractivity contribution in [2.24, 2.45) is 11.8 Å². The number of anilines is 1. The maximum Gasteiger partial charge on any atom is 0.222 e. The molecule has 0 spiro atoms. The van der Waals surface area contributed by atoms with Crippen LogP contribution in [0.2, 0.25) is 5.02 Å². The third-order valence-electron chi connectivity index (χ3n) is 4.71. The summed E-state index contributed by atoms with van der Waals surface area (Å²) in [4.78, 5) is 18.7. The number of halogens is 1. The number of piperidine rings is 1. The zero-order valence-electron chi connectivity index (χ0n) is 15.2. The van der Waals surface area contributed by atoms with Gasteiger partial charge in [0.2, 0.25) is 11.0 Å². The molecule has 5 nitrogen and oxygen atoms in total. The maximum absolute atomic E-state index is 11.7. The van der Waals surface area contributed by atoms with Crippen LogP contribution in [0.25, 0.3) is 0 Å². The second-order valence-corrected chi connectivity index (χ2v) is 8.29. The SMILES string of the molecule is CC(C)C(=O)NCC1CCN(c2nc(Cc3ccc(Cl)cc3)ns2)CC1. The molecule has 0 radical (unpaired) electrons. The molecule has 26 heavy (non-hydrogen) atoms. The van der Waals surface area contributed by atoms with Crippen molar-refractivity contribution in [1.82, 2.24) is 14.7 Å². The van der Waals surface area contributed by atoms with Gasteiger partial charge >= 0.3 is 0 Å². The predicted molar refractivity (Wildman–Crippen MR) is 107 cm³/mol. The van der Waals surface area contributed by atoms with Gasteiger partial charge in [-0.15, -0.1) is 0 Å². The standard InChI is InChI=1S/C19H25ClN4OS/c1-13(2)18(25)21-12-15-7-9-24(10-8-15)19-22-17(23-26-19)11-14-3-5-16(20)6-4-14/h3-6,13,15H,7-12H2,1-2H3,(H,21,25). The molecule has 1 aromatic carbocycles. The normalized spacial score (nSPS) is 15.5. The van der Waals surface area contributed by atoms with E-state index >= 15 is 0 Å². The van der Waals surface area contributed by atoms with Crippen molar-refractivity contribution in [3.8, 4) is 0 Å². The topological polar surface area (TPSA) is 58.1 Å². The van der Waals surface area contributed by atoms with E-state index in [-0.39, 0.29) is 11.8 Å². The molecule has 1 aliphatic rings. The smallest absolute Gasteiger partial charge is 0.222 e. The van der Waals surface area contributed by atoms with Crippen molar-refractivity contribution in [3.05, 3.63) is 40.7 Å². The number of amides is 1. The van der Waals surface area contributed by atoms with Crippen LogP contribution in [0, 0.1) is 11.8 Å². The number of hydrogen-bond acceptors (Lipinski definition) is 5. The van der Waals surface area contributed by atoms with E-state index in [9.17, 15) is 4.79 Å². The van der Waals surface area contributed by atoms with Crippen molar-refractivity contribution in [1.29, 1.82) is 0 Å². The average Bonchev–Trinajstić information content (AvgIpc) is 3.10. The molecule has 0 unspecified atom stereocenters. The average molecular weight is 393 g/mol. The molecular weight excluding hydrogens is 368 g/mol. The van der Waals surface area contributed by atoms with Crippen molar-refractivity contribution in [2.45, 2.75) is 33.1 Å². The minimum atomic E-state index is 0.0514. The van der Waals surface area contributed by atoms with Crippen molar-refractivity contribution < 1.29 is 4.79 Å². The van der Waals surface area contributed by atoms with E-state index in [1.807, 2.05) is 38.1 Å². The maximum atomic E-state index is 11.7. The van der Waals surface area contributed by atoms with Gasteiger partial charge in [-0.25, -0.2) is 4.98 Å². The fourth-order valence-corrected chi connectivity index (χ4v) is 3.87. The largest absolute Gasteiger partial charge is 0.356 e. The Morgan fingerprint density at radius 3 is 2.65 bits per heavy atom. The minimum Gasteiger partial charge on any atom is -0.356 e. The molecule has 3 rings (SSSR count). The Kier molecular flexibility index (Phi) is 6.48. The summed E-state index contributed by atoms with van der Waals surface area (Å²) in [6, 6.07) is 7.82. The summed E-state index contributed by atoms with van der Waals surface area (Å²) in [5, 5.41) is 4.79. The number of nitrogens with zero attached hydrogens (tertiary/aromatic N) is 3. The van der Waals surface area contributed by atoms with E-state index in [4.69, 9.17) is 16.6 Å². The van der Waals surface area contributed by atoms with Crippen LogP contribution in [0.5, 0.6) is 0 Å². The van der Waals surface area contributed by atoms with Gasteiger partial charge in [-0.3, -0.25) is 4.79 Å². The Morgan fingerprint density at radius 1 is 1.31 bits per heavy atom. The molecule has 0 aliphatic carbocycles. The number of aromatic nitrogens is 2. The monoisotopic (exact) mass is 392 g/mol. The zero-order valence-corrected chi connectivity index (χ0v) is 16.8. The summed E-state index contributed by atoms with van der Waals surface area (Å²) in [7, 11) is 0. The molecule has 0 bridgehead atoms. The van der Waals surface area contributed by atoms with E-state index < -0.39 is 0 Å². The van der Waals surface area contributed by atoms with Crippen LogP contribution in [0.1, 0.15) is 38.1 Å². The molecule has 7 heteroatoms. The van der Waals surface area contributed by atoms with Gasteiger partial charge in [-0.05, 0) is 36.5 Å². The first-order valence-corrected chi connectivity index (χ1v) is 10.3. The first-order chi connectivity index (χ1) is 12.5. The lowest BCUT2D eigenvalue weighted by Gasteiger charge is -2.31. The van der Waals surface area contributed by atoms with E-state index in [0.717, 1.165) is 54.9 Å². The molecule has 1 aliphatic heterocycles. The summed E-state index contributed by atoms with van der Waals surface area (Å²) in [6.45, 7) is 6.57. The Hall–Kier alpha value is -1.66. The highest BCUT2D eigenvalue weighted by molar-refractivity contribution is 7.09. The summed E-state index contributed by atoms with van der Waals surface area (Å²) in [6.07, 6.45) is 2.88. The molecule has 2 heterocycles. The number of rotatable bonds is 6. The first-order valence-electron chi connectivity index (χ1n) is 9.11. The van der Waals surface area contributed by atoms with Crippen LogP contribution in [-0.4, -0.2) is 34.9 Å². The quantitative estimate of drug-likeness (QED) is 0.812. The second kappa shape index (κ2) is 8.82. The number of carbonyl (C=O) groups is 1. The van der Waals surface area contributed by atoms with Crippen molar-refractivity contribution >= 4 is 34.2 Å². The van der Waals surface area contributed by atoms with Crippen LogP contribution in [-0.2, 0) is 11.2 Å². The Bertz CT molecular complexity index is 723. The van der Waals surface area contributed by atoms with E-state index in [2.05, 4.69) is 14.6 Å². The molecule has 1 amide bonds. The van der Waals surface area contributed by atoms with Gasteiger partial charge in [0, 0.05) is 48.5 Å². The van der Waals surface area contributed by atoms with Crippen molar-refractivity contribution in [2.75, 3.05) is 24.5 Å². The Balaban J connectivity index is 1.48. The van der Waals surface area contributed by atoms with Crippen molar-refractivity contribution in [3.63, 3.8) is 0 Å². The van der Waals surface area contributed by atoms with Gasteiger partial charge in [0.1, 0.15) is 5.82 Å². The van der Waals surface area contributed by atoms with Gasteiger partial charge in [-0.1, -0.05) is 37.6 Å². The summed E-state index contributed by atoms with van der Waals surface area (Å²) in [5.74, 6) is 1.60. The lowest BCUT2D eigenvalue weighted by Crippen LogP contribution is -2.39. The Labute approximate surface area is 163 Å². The fraction of sp³-hybridized carbons (Fsp3) is 0.526. The molecule has 1 saturated heterocycles. The summed E-state index contributed by atoms with van der Waals surface area (Å²) >= 11 is 7.40. The van der Waals surface area contributed by atoms with E-state index in [0.29, 0.717) is 5.92 Å².